The third-order valence-corrected chi connectivity index (χ3v) is 6.04. The number of anilines is 1. The van der Waals surface area contributed by atoms with Crippen molar-refractivity contribution in [1.82, 2.24) is 0 Å². The molecule has 0 aliphatic rings. The van der Waals surface area contributed by atoms with Gasteiger partial charge in [-0.1, -0.05) is 23.2 Å². The maximum Gasteiger partial charge on any atom is 0.269 e. The number of nitro groups is 1. The molecule has 3 aromatic rings. The molecule has 0 aliphatic heterocycles. The highest BCUT2D eigenvalue weighted by Crippen LogP contribution is 2.38. The van der Waals surface area contributed by atoms with Gasteiger partial charge in [0.15, 0.2) is 11.5 Å². The van der Waals surface area contributed by atoms with Crippen LogP contribution in [0.25, 0.3) is 6.08 Å². The number of hydrogen-bond donors (Lipinski definition) is 1. The smallest absolute Gasteiger partial charge is 0.269 e. The number of rotatable bonds is 9. The summed E-state index contributed by atoms with van der Waals surface area (Å²) in [6.45, 7) is 2.29. The molecule has 8 nitrogen and oxygen atoms in total. The summed E-state index contributed by atoms with van der Waals surface area (Å²) in [5.74, 6) is 0.178. The van der Waals surface area contributed by atoms with Crippen molar-refractivity contribution in [2.24, 2.45) is 0 Å². The third kappa shape index (κ3) is 6.98. The van der Waals surface area contributed by atoms with Gasteiger partial charge in [-0.2, -0.15) is 5.26 Å². The fourth-order valence-corrected chi connectivity index (χ4v) is 3.90. The zero-order valence-electron chi connectivity index (χ0n) is 18.8. The molecule has 0 bridgehead atoms. The Morgan fingerprint density at radius 2 is 1.86 bits per heavy atom. The van der Waals surface area contributed by atoms with Crippen molar-refractivity contribution in [3.8, 4) is 17.6 Å². The Bertz CT molecular complexity index is 1370. The van der Waals surface area contributed by atoms with E-state index in [4.69, 9.17) is 32.7 Å². The van der Waals surface area contributed by atoms with Crippen LogP contribution in [0.1, 0.15) is 18.1 Å². The van der Waals surface area contributed by atoms with Crippen molar-refractivity contribution in [2.75, 3.05) is 11.9 Å². The molecule has 1 amide bonds. The van der Waals surface area contributed by atoms with Crippen LogP contribution in [0, 0.1) is 21.4 Å². The average Bonchev–Trinajstić information content (AvgIpc) is 2.84. The Balaban J connectivity index is 1.82. The number of nitro benzene ring substituents is 1. The Morgan fingerprint density at radius 3 is 2.47 bits per heavy atom. The van der Waals surface area contributed by atoms with Gasteiger partial charge in [-0.25, -0.2) is 0 Å². The SMILES string of the molecule is CCOc1cc(/C=C(\C#N)C(=O)Nc2ccc(Cl)c(Cl)c2)cc(Br)c1OCc1ccc([N+](=O)[O-])cc1. The molecule has 36 heavy (non-hydrogen) atoms. The summed E-state index contributed by atoms with van der Waals surface area (Å²) in [7, 11) is 0. The lowest BCUT2D eigenvalue weighted by atomic mass is 10.1. The number of carbonyl (C=O) groups is 1. The number of halogens is 3. The fourth-order valence-electron chi connectivity index (χ4n) is 3.03. The normalized spacial score (nSPS) is 10.9. The summed E-state index contributed by atoms with van der Waals surface area (Å²) in [5.41, 5.74) is 1.48. The van der Waals surface area contributed by atoms with E-state index in [1.807, 2.05) is 13.0 Å². The van der Waals surface area contributed by atoms with Crippen molar-refractivity contribution in [2.45, 2.75) is 13.5 Å². The summed E-state index contributed by atoms with van der Waals surface area (Å²) >= 11 is 15.3. The van der Waals surface area contributed by atoms with Gasteiger partial charge < -0.3 is 14.8 Å². The van der Waals surface area contributed by atoms with E-state index >= 15 is 0 Å². The van der Waals surface area contributed by atoms with Gasteiger partial charge in [-0.05, 0) is 82.5 Å². The number of benzene rings is 3. The van der Waals surface area contributed by atoms with E-state index in [1.54, 1.807) is 30.3 Å². The minimum Gasteiger partial charge on any atom is -0.490 e. The first-order valence-corrected chi connectivity index (χ1v) is 12.0. The van der Waals surface area contributed by atoms with Crippen LogP contribution in [0.4, 0.5) is 11.4 Å². The van der Waals surface area contributed by atoms with Crippen LogP contribution in [0.3, 0.4) is 0 Å². The molecule has 0 radical (unpaired) electrons. The Morgan fingerprint density at radius 1 is 1.14 bits per heavy atom. The molecule has 0 saturated heterocycles. The molecular formula is C25H18BrCl2N3O5. The standard InChI is InChI=1S/C25H18BrCl2N3O5/c1-2-35-23-11-16(9-17(13-29)25(32)30-18-5-8-21(27)22(28)12-18)10-20(26)24(23)36-14-15-3-6-19(7-4-15)31(33)34/h3-12H,2,14H2,1H3,(H,30,32)/b17-9+. The predicted octanol–water partition coefficient (Wildman–Crippen LogP) is 7.19. The van der Waals surface area contributed by atoms with Gasteiger partial charge in [0.2, 0.25) is 0 Å². The minimum absolute atomic E-state index is 0.0115. The van der Waals surface area contributed by atoms with E-state index in [9.17, 15) is 20.2 Å². The largest absolute Gasteiger partial charge is 0.490 e. The van der Waals surface area contributed by atoms with E-state index < -0.39 is 10.8 Å². The van der Waals surface area contributed by atoms with Gasteiger partial charge >= 0.3 is 0 Å². The number of carbonyl (C=O) groups excluding carboxylic acids is 1. The highest BCUT2D eigenvalue weighted by Gasteiger charge is 2.15. The molecule has 0 fully saturated rings. The van der Waals surface area contributed by atoms with E-state index in [0.29, 0.717) is 38.9 Å². The molecule has 0 heterocycles. The summed E-state index contributed by atoms with van der Waals surface area (Å²) < 4.78 is 12.2. The summed E-state index contributed by atoms with van der Waals surface area (Å²) in [6.07, 6.45) is 1.42. The van der Waals surface area contributed by atoms with Crippen molar-refractivity contribution >= 4 is 62.5 Å². The molecule has 3 rings (SSSR count). The number of nitrogens with zero attached hydrogens (tertiary/aromatic N) is 2. The topological polar surface area (TPSA) is 114 Å². The molecule has 0 saturated carbocycles. The van der Waals surface area contributed by atoms with E-state index in [2.05, 4.69) is 21.2 Å². The minimum atomic E-state index is -0.622. The first-order chi connectivity index (χ1) is 17.2. The van der Waals surface area contributed by atoms with Gasteiger partial charge in [0.05, 0.1) is 26.0 Å². The van der Waals surface area contributed by atoms with Crippen molar-refractivity contribution in [3.63, 3.8) is 0 Å². The van der Waals surface area contributed by atoms with Gasteiger partial charge in [-0.3, -0.25) is 14.9 Å². The first-order valence-electron chi connectivity index (χ1n) is 10.4. The quantitative estimate of drug-likeness (QED) is 0.122. The third-order valence-electron chi connectivity index (χ3n) is 4.72. The summed E-state index contributed by atoms with van der Waals surface area (Å²) in [6, 6.07) is 15.8. The highest BCUT2D eigenvalue weighted by atomic mass is 79.9. The van der Waals surface area contributed by atoms with Crippen LogP contribution in [-0.4, -0.2) is 17.4 Å². The molecule has 0 spiro atoms. The maximum absolute atomic E-state index is 12.6. The second-order valence-electron chi connectivity index (χ2n) is 7.23. The number of amides is 1. The maximum atomic E-state index is 12.6. The lowest BCUT2D eigenvalue weighted by Gasteiger charge is -2.15. The van der Waals surface area contributed by atoms with Gasteiger partial charge in [0.25, 0.3) is 11.6 Å². The number of non-ortho nitro benzene ring substituents is 1. The van der Waals surface area contributed by atoms with Crippen LogP contribution >= 0.6 is 39.1 Å². The zero-order chi connectivity index (χ0) is 26.2. The van der Waals surface area contributed by atoms with Crippen LogP contribution < -0.4 is 14.8 Å². The van der Waals surface area contributed by atoms with Crippen molar-refractivity contribution in [1.29, 1.82) is 5.26 Å². The van der Waals surface area contributed by atoms with Crippen LogP contribution in [0.2, 0.25) is 10.0 Å². The van der Waals surface area contributed by atoms with E-state index in [-0.39, 0.29) is 22.9 Å². The predicted molar refractivity (Wildman–Crippen MR) is 141 cm³/mol. The Kier molecular flexibility index (Phi) is 9.31. The Hall–Kier alpha value is -3.58. The average molecular weight is 591 g/mol. The monoisotopic (exact) mass is 589 g/mol. The molecule has 11 heteroatoms. The van der Waals surface area contributed by atoms with Gasteiger partial charge in [0.1, 0.15) is 18.2 Å². The van der Waals surface area contributed by atoms with Crippen molar-refractivity contribution < 1.29 is 19.2 Å². The van der Waals surface area contributed by atoms with Crippen molar-refractivity contribution in [3.05, 3.63) is 95.9 Å². The van der Waals surface area contributed by atoms with E-state index in [0.717, 1.165) is 5.56 Å². The second-order valence-corrected chi connectivity index (χ2v) is 8.90. The lowest BCUT2D eigenvalue weighted by molar-refractivity contribution is -0.384. The van der Waals surface area contributed by atoms with Gasteiger partial charge in [-0.15, -0.1) is 0 Å². The molecular weight excluding hydrogens is 573 g/mol. The molecule has 0 atom stereocenters. The molecule has 0 unspecified atom stereocenters. The van der Waals surface area contributed by atoms with Gasteiger partial charge in [0, 0.05) is 17.8 Å². The molecule has 184 valence electrons. The van der Waals surface area contributed by atoms with E-state index in [1.165, 1.54) is 30.3 Å². The fraction of sp³-hybridized carbons (Fsp3) is 0.120. The summed E-state index contributed by atoms with van der Waals surface area (Å²) in [4.78, 5) is 23.0. The molecule has 0 aromatic heterocycles. The molecule has 3 aromatic carbocycles. The first kappa shape index (κ1) is 27.0. The number of nitrogens with one attached hydrogen (secondary N) is 1. The van der Waals surface area contributed by atoms with Crippen LogP contribution in [0.5, 0.6) is 11.5 Å². The molecule has 1 N–H and O–H groups in total. The van der Waals surface area contributed by atoms with Crippen LogP contribution in [0.15, 0.2) is 64.6 Å². The number of ether oxygens (including phenoxy) is 2. The Labute approximate surface area is 225 Å². The zero-order valence-corrected chi connectivity index (χ0v) is 21.9. The lowest BCUT2D eigenvalue weighted by Crippen LogP contribution is -2.13. The molecule has 0 aliphatic carbocycles. The van der Waals surface area contributed by atoms with Crippen LogP contribution in [-0.2, 0) is 11.4 Å². The number of hydrogen-bond acceptors (Lipinski definition) is 6. The second kappa shape index (κ2) is 12.4. The highest BCUT2D eigenvalue weighted by molar-refractivity contribution is 9.10. The number of nitriles is 1. The summed E-state index contributed by atoms with van der Waals surface area (Å²) in [5, 5.41) is 23.6.